The average Bonchev–Trinajstić information content (AvgIpc) is 2.99. The summed E-state index contributed by atoms with van der Waals surface area (Å²) in [6, 6.07) is 18.1. The van der Waals surface area contributed by atoms with E-state index in [1.165, 1.54) is 15.3 Å². The first-order chi connectivity index (χ1) is 10.7. The van der Waals surface area contributed by atoms with Crippen molar-refractivity contribution in [2.45, 2.75) is 13.3 Å². The number of aryl methyl sites for hydroxylation is 1. The summed E-state index contributed by atoms with van der Waals surface area (Å²) in [7, 11) is 0. The Bertz CT molecular complexity index is 803. The fraction of sp³-hybridized carbons (Fsp3) is 0.105. The van der Waals surface area contributed by atoms with Gasteiger partial charge in [-0.05, 0) is 36.2 Å². The van der Waals surface area contributed by atoms with Crippen molar-refractivity contribution in [2.24, 2.45) is 0 Å². The van der Waals surface area contributed by atoms with Crippen molar-refractivity contribution < 1.29 is 4.79 Å². The second-order valence-corrected chi connectivity index (χ2v) is 6.85. The number of hydrogen-bond acceptors (Lipinski definition) is 2. The van der Waals surface area contributed by atoms with E-state index in [-0.39, 0.29) is 0 Å². The molecule has 0 N–H and O–H groups in total. The molecule has 0 aliphatic heterocycles. The van der Waals surface area contributed by atoms with Gasteiger partial charge in [0.25, 0.3) is 0 Å². The number of rotatable bonds is 4. The lowest BCUT2D eigenvalue weighted by Crippen LogP contribution is -1.87. The fourth-order valence-electron chi connectivity index (χ4n) is 2.38. The SMILES string of the molecule is Cc1ccc(Cl)c(Cc2ccc(-c3ccc(C=O)cc3)s2)c1. The zero-order valence-electron chi connectivity index (χ0n) is 12.2. The van der Waals surface area contributed by atoms with Gasteiger partial charge in [-0.3, -0.25) is 4.79 Å². The van der Waals surface area contributed by atoms with Crippen LogP contribution in [-0.4, -0.2) is 6.29 Å². The molecule has 3 heteroatoms. The van der Waals surface area contributed by atoms with Gasteiger partial charge in [0.05, 0.1) is 0 Å². The van der Waals surface area contributed by atoms with Crippen molar-refractivity contribution in [1.82, 2.24) is 0 Å². The van der Waals surface area contributed by atoms with Gasteiger partial charge in [0.2, 0.25) is 0 Å². The van der Waals surface area contributed by atoms with Gasteiger partial charge >= 0.3 is 0 Å². The zero-order valence-corrected chi connectivity index (χ0v) is 13.7. The van der Waals surface area contributed by atoms with Crippen LogP contribution in [-0.2, 0) is 6.42 Å². The van der Waals surface area contributed by atoms with Gasteiger partial charge in [-0.15, -0.1) is 11.3 Å². The third-order valence-corrected chi connectivity index (χ3v) is 5.06. The third-order valence-electron chi connectivity index (χ3n) is 3.56. The number of benzene rings is 2. The number of hydrogen-bond donors (Lipinski definition) is 0. The Kier molecular flexibility index (Phi) is 4.41. The normalized spacial score (nSPS) is 10.6. The van der Waals surface area contributed by atoms with Crippen LogP contribution in [0.4, 0.5) is 0 Å². The molecule has 0 radical (unpaired) electrons. The van der Waals surface area contributed by atoms with Crippen LogP contribution in [0.2, 0.25) is 5.02 Å². The minimum atomic E-state index is 0.701. The predicted octanol–water partition coefficient (Wildman–Crippen LogP) is 5.78. The molecule has 1 nitrogen and oxygen atoms in total. The molecule has 0 amide bonds. The van der Waals surface area contributed by atoms with E-state index in [1.807, 2.05) is 36.4 Å². The molecule has 22 heavy (non-hydrogen) atoms. The minimum Gasteiger partial charge on any atom is -0.298 e. The van der Waals surface area contributed by atoms with Crippen LogP contribution in [0.25, 0.3) is 10.4 Å². The van der Waals surface area contributed by atoms with Gasteiger partial charge < -0.3 is 0 Å². The molecule has 1 heterocycles. The van der Waals surface area contributed by atoms with Gasteiger partial charge in [-0.2, -0.15) is 0 Å². The standard InChI is InChI=1S/C19H15ClOS/c1-13-2-8-18(20)16(10-13)11-17-7-9-19(22-17)15-5-3-14(12-21)4-6-15/h2-10,12H,11H2,1H3. The van der Waals surface area contributed by atoms with Gasteiger partial charge in [0.15, 0.2) is 0 Å². The molecule has 0 bridgehead atoms. The highest BCUT2D eigenvalue weighted by Crippen LogP contribution is 2.31. The van der Waals surface area contributed by atoms with Crippen molar-refractivity contribution >= 4 is 29.2 Å². The highest BCUT2D eigenvalue weighted by Gasteiger charge is 2.07. The lowest BCUT2D eigenvalue weighted by molar-refractivity contribution is 0.112. The van der Waals surface area contributed by atoms with E-state index in [1.54, 1.807) is 11.3 Å². The van der Waals surface area contributed by atoms with Crippen molar-refractivity contribution in [2.75, 3.05) is 0 Å². The fourth-order valence-corrected chi connectivity index (χ4v) is 3.60. The largest absolute Gasteiger partial charge is 0.298 e. The van der Waals surface area contributed by atoms with E-state index < -0.39 is 0 Å². The third kappa shape index (κ3) is 3.29. The number of thiophene rings is 1. The van der Waals surface area contributed by atoms with E-state index in [2.05, 4.69) is 25.1 Å². The molecule has 2 aromatic carbocycles. The molecule has 1 aromatic heterocycles. The first kappa shape index (κ1) is 15.0. The van der Waals surface area contributed by atoms with Crippen molar-refractivity contribution in [3.8, 4) is 10.4 Å². The van der Waals surface area contributed by atoms with Crippen LogP contribution in [0.5, 0.6) is 0 Å². The van der Waals surface area contributed by atoms with Gasteiger partial charge in [0.1, 0.15) is 6.29 Å². The summed E-state index contributed by atoms with van der Waals surface area (Å²) in [6.45, 7) is 2.08. The smallest absolute Gasteiger partial charge is 0.150 e. The number of carbonyl (C=O) groups is 1. The Morgan fingerprint density at radius 1 is 1.05 bits per heavy atom. The van der Waals surface area contributed by atoms with Crippen LogP contribution in [0, 0.1) is 6.92 Å². The summed E-state index contributed by atoms with van der Waals surface area (Å²) in [4.78, 5) is 13.2. The molecule has 0 saturated carbocycles. The lowest BCUT2D eigenvalue weighted by Gasteiger charge is -2.04. The number of halogens is 1. The molecular formula is C19H15ClOS. The van der Waals surface area contributed by atoms with E-state index in [0.29, 0.717) is 5.56 Å². The number of carbonyl (C=O) groups excluding carboxylic acids is 1. The van der Waals surface area contributed by atoms with E-state index in [0.717, 1.165) is 28.9 Å². The summed E-state index contributed by atoms with van der Waals surface area (Å²) >= 11 is 8.04. The molecule has 110 valence electrons. The first-order valence-corrected chi connectivity index (χ1v) is 8.24. The van der Waals surface area contributed by atoms with E-state index in [4.69, 9.17) is 11.6 Å². The highest BCUT2D eigenvalue weighted by molar-refractivity contribution is 7.15. The highest BCUT2D eigenvalue weighted by atomic mass is 35.5. The lowest BCUT2D eigenvalue weighted by atomic mass is 10.1. The van der Waals surface area contributed by atoms with Gasteiger partial charge in [-0.25, -0.2) is 0 Å². The maximum Gasteiger partial charge on any atom is 0.150 e. The molecule has 3 aromatic rings. The van der Waals surface area contributed by atoms with Crippen molar-refractivity contribution in [1.29, 1.82) is 0 Å². The summed E-state index contributed by atoms with van der Waals surface area (Å²) < 4.78 is 0. The minimum absolute atomic E-state index is 0.701. The average molecular weight is 327 g/mol. The molecule has 0 atom stereocenters. The van der Waals surface area contributed by atoms with Crippen molar-refractivity contribution in [3.63, 3.8) is 0 Å². The quantitative estimate of drug-likeness (QED) is 0.555. The molecule has 0 unspecified atom stereocenters. The summed E-state index contributed by atoms with van der Waals surface area (Å²) in [5, 5.41) is 0.816. The summed E-state index contributed by atoms with van der Waals surface area (Å²) in [5.41, 5.74) is 4.22. The molecule has 0 saturated heterocycles. The molecule has 0 spiro atoms. The zero-order chi connectivity index (χ0) is 15.5. The van der Waals surface area contributed by atoms with Crippen LogP contribution in [0.3, 0.4) is 0 Å². The summed E-state index contributed by atoms with van der Waals surface area (Å²) in [6.07, 6.45) is 1.71. The Labute approximate surface area is 139 Å². The predicted molar refractivity (Wildman–Crippen MR) is 94.1 cm³/mol. The maximum absolute atomic E-state index is 10.7. The Morgan fingerprint density at radius 2 is 1.82 bits per heavy atom. The second-order valence-electron chi connectivity index (χ2n) is 5.28. The van der Waals surface area contributed by atoms with Crippen LogP contribution >= 0.6 is 22.9 Å². The Balaban J connectivity index is 1.84. The monoisotopic (exact) mass is 326 g/mol. The van der Waals surface area contributed by atoms with Crippen LogP contribution in [0.1, 0.15) is 26.4 Å². The maximum atomic E-state index is 10.7. The molecule has 3 rings (SSSR count). The first-order valence-electron chi connectivity index (χ1n) is 7.05. The van der Waals surface area contributed by atoms with Gasteiger partial charge in [-0.1, -0.05) is 53.6 Å². The molecule has 0 fully saturated rings. The summed E-state index contributed by atoms with van der Waals surface area (Å²) in [5.74, 6) is 0. The Morgan fingerprint density at radius 3 is 2.55 bits per heavy atom. The molecular weight excluding hydrogens is 312 g/mol. The molecule has 0 aliphatic carbocycles. The molecule has 0 aliphatic rings. The second kappa shape index (κ2) is 6.47. The van der Waals surface area contributed by atoms with E-state index in [9.17, 15) is 4.79 Å². The van der Waals surface area contributed by atoms with Crippen LogP contribution in [0.15, 0.2) is 54.6 Å². The van der Waals surface area contributed by atoms with Crippen LogP contribution < -0.4 is 0 Å². The Hall–Kier alpha value is -1.90. The van der Waals surface area contributed by atoms with E-state index >= 15 is 0 Å². The van der Waals surface area contributed by atoms with Crippen molar-refractivity contribution in [3.05, 3.63) is 81.2 Å². The topological polar surface area (TPSA) is 17.1 Å². The number of aldehydes is 1. The van der Waals surface area contributed by atoms with Gasteiger partial charge in [0, 0.05) is 26.8 Å².